The number of anilines is 6. The molecule has 24 nitrogen and oxygen atoms in total. The molecule has 8 N–H and O–H groups in total. The number of hydrogen-bond acceptors (Lipinski definition) is 30. The fraction of sp³-hybridized carbons (Fsp3) is 0.718. The van der Waals surface area contributed by atoms with Crippen LogP contribution >= 0.6 is 73.3 Å². The largest absolute Gasteiger partial charge is 0.381 e. The van der Waals surface area contributed by atoms with E-state index in [0.717, 1.165) is 140 Å². The molecule has 0 aliphatic carbocycles. The standard InChI is InChI=1S/C16H28N2O2S.C15H26N2O2S.2C14H24N2O2S.2C13H22N2O2S/c1-6-18(7-2)9-11-20-10-8-17-13-12(16(3,4)5)14(19)15(13)21;1-6-17(5)8-10-19-9-7-16-12-11(15(2,3)4)13(18)14(12)20;1-14(2,3)10-11(13(19)12(10)17)15-6-8-18-9-7-16(4)5;1-14(2,3)10-11(13(19)12(10)17)16(5)7-9-18-8-6-15-4;1-13(2,3)9-10(12(18)11(9)16)15(4)6-8-17-7-5-14;1-13(2,3)9-10(12(18)11(9)16)15-6-8-17-7-5-14-4/h17H,6-11H2,1-5H3;16H,6-10H2,1-5H3;2*15H,6-9H2,1-5H3;5-8,14H2,1-4H3;14-15H,5-8H2,1-4H3. The van der Waals surface area contributed by atoms with Gasteiger partial charge in [-0.2, -0.15) is 0 Å². The zero-order valence-corrected chi connectivity index (χ0v) is 80.2. The highest BCUT2D eigenvalue weighted by Gasteiger charge is 2.34. The molecule has 0 unspecified atom stereocenters. The number of nitrogens with zero attached hydrogens (tertiary/aromatic N) is 5. The summed E-state index contributed by atoms with van der Waals surface area (Å²) in [7, 11) is 13.8. The summed E-state index contributed by atoms with van der Waals surface area (Å²) in [6.45, 7) is 63.1. The number of ether oxygens (including phenoxy) is 6. The molecule has 654 valence electrons. The second-order valence-corrected chi connectivity index (χ2v) is 37.3. The van der Waals surface area contributed by atoms with E-state index >= 15 is 0 Å². The molecule has 0 amide bonds. The Morgan fingerprint density at radius 3 is 0.783 bits per heavy atom. The average Bonchev–Trinajstić information content (AvgIpc) is 0.764. The van der Waals surface area contributed by atoms with E-state index in [4.69, 9.17) is 107 Å². The van der Waals surface area contributed by atoms with E-state index in [-0.39, 0.29) is 65.1 Å². The van der Waals surface area contributed by atoms with Gasteiger partial charge < -0.3 is 90.6 Å². The van der Waals surface area contributed by atoms with Gasteiger partial charge in [-0.1, -0.05) is 219 Å². The summed E-state index contributed by atoms with van der Waals surface area (Å²) in [5, 5.41) is 19.0. The molecule has 6 aromatic carbocycles. The van der Waals surface area contributed by atoms with Crippen molar-refractivity contribution in [3.8, 4) is 0 Å². The Labute approximate surface area is 719 Å². The highest BCUT2D eigenvalue weighted by atomic mass is 32.1. The minimum atomic E-state index is -0.166. The Balaban J connectivity index is 0.000000691. The van der Waals surface area contributed by atoms with Gasteiger partial charge in [-0.05, 0) is 87.4 Å². The quantitative estimate of drug-likeness (QED) is 0.0138. The maximum Gasteiger partial charge on any atom is 0.204 e. The Hall–Kier alpha value is -4.68. The monoisotopic (exact) mass is 1720 g/mol. The summed E-state index contributed by atoms with van der Waals surface area (Å²) >= 11 is 30.7. The minimum Gasteiger partial charge on any atom is -0.381 e. The highest BCUT2D eigenvalue weighted by molar-refractivity contribution is 7.72. The van der Waals surface area contributed by atoms with Crippen molar-refractivity contribution < 1.29 is 28.4 Å². The van der Waals surface area contributed by atoms with Crippen LogP contribution in [0.2, 0.25) is 0 Å². The first-order valence-electron chi connectivity index (χ1n) is 40.3. The van der Waals surface area contributed by atoms with Gasteiger partial charge in [0.05, 0.1) is 113 Å². The molecule has 0 spiro atoms. The van der Waals surface area contributed by atoms with Crippen LogP contribution in [0.25, 0.3) is 0 Å². The van der Waals surface area contributed by atoms with E-state index in [9.17, 15) is 28.8 Å². The van der Waals surface area contributed by atoms with Crippen LogP contribution in [0.4, 0.5) is 34.1 Å². The van der Waals surface area contributed by atoms with E-state index < -0.39 is 0 Å². The summed E-state index contributed by atoms with van der Waals surface area (Å²) in [5.74, 6) is 0. The van der Waals surface area contributed by atoms with Crippen molar-refractivity contribution in [1.29, 1.82) is 0 Å². The Kier molecular flexibility index (Phi) is 48.8. The summed E-state index contributed by atoms with van der Waals surface area (Å²) in [6.07, 6.45) is 0. The molecule has 6 rings (SSSR count). The third-order valence-corrected chi connectivity index (χ3v) is 20.9. The van der Waals surface area contributed by atoms with Gasteiger partial charge in [0.25, 0.3) is 0 Å². The topological polar surface area (TPSA) is 272 Å². The number of hydrogen-bond donors (Lipinski definition) is 7. The van der Waals surface area contributed by atoms with Crippen LogP contribution in [-0.4, -0.2) is 241 Å². The lowest BCUT2D eigenvalue weighted by Crippen LogP contribution is -2.36. The normalized spacial score (nSPS) is 12.2. The third kappa shape index (κ3) is 35.1. The molecule has 30 heteroatoms. The summed E-state index contributed by atoms with van der Waals surface area (Å²) < 4.78 is 35.5. The van der Waals surface area contributed by atoms with Crippen LogP contribution in [0.3, 0.4) is 0 Å². The SMILES string of the molecule is CCN(C)CCOCCNc1c(C(C)(C)C)c(=O)c1=S.CCN(CC)CCOCCNc1c(C(C)(C)C)c(=O)c1=S.CN(C)CCOCCNc1c(C(C)(C)C)c(=O)c1=S.CN(CCOCCN)c1c(C(C)(C)C)c(=O)c1=S.CNCCOCCN(C)c1c(C(C)(C)C)c(=O)c1=S.CNCCOCCNc1c(C(C)(C)C)c(=O)c1=S. The molecule has 115 heavy (non-hydrogen) atoms. The lowest BCUT2D eigenvalue weighted by atomic mass is 9.82. The Bertz CT molecular complexity index is 4310. The van der Waals surface area contributed by atoms with Crippen LogP contribution < -0.4 is 80.0 Å². The number of likely N-dealkylation sites (N-methyl/N-ethyl adjacent to an activating group) is 7. The predicted molar refractivity (Wildman–Crippen MR) is 500 cm³/mol. The summed E-state index contributed by atoms with van der Waals surface area (Å²) in [4.78, 5) is 81.4. The molecular weight excluding hydrogens is 1570 g/mol. The molecule has 0 heterocycles. The Morgan fingerprint density at radius 2 is 0.539 bits per heavy atom. The predicted octanol–water partition coefficient (Wildman–Crippen LogP) is 11.6. The molecule has 0 radical (unpaired) electrons. The zero-order valence-electron chi connectivity index (χ0n) is 75.3. The van der Waals surface area contributed by atoms with Gasteiger partial charge in [-0.15, -0.1) is 0 Å². The first-order valence-corrected chi connectivity index (χ1v) is 42.7. The van der Waals surface area contributed by atoms with Crippen molar-refractivity contribution in [2.45, 2.75) is 178 Å². The molecule has 0 saturated heterocycles. The van der Waals surface area contributed by atoms with E-state index in [1.807, 2.05) is 177 Å². The van der Waals surface area contributed by atoms with Gasteiger partial charge in [0.1, 0.15) is 27.1 Å². The highest BCUT2D eigenvalue weighted by Crippen LogP contribution is 2.36. The Morgan fingerprint density at radius 1 is 0.304 bits per heavy atom. The zero-order chi connectivity index (χ0) is 88.3. The third-order valence-electron chi connectivity index (χ3n) is 18.6. The molecule has 6 aromatic rings. The van der Waals surface area contributed by atoms with Crippen molar-refractivity contribution in [3.05, 3.63) is 122 Å². The number of nitrogens with two attached hydrogens (primary N) is 1. The maximum absolute atomic E-state index is 11.9. The first-order chi connectivity index (χ1) is 53.4. The van der Waals surface area contributed by atoms with Crippen molar-refractivity contribution in [1.82, 2.24) is 25.3 Å². The molecule has 0 saturated carbocycles. The number of nitrogens with one attached hydrogen (secondary N) is 6. The van der Waals surface area contributed by atoms with Crippen LogP contribution in [-0.2, 0) is 60.9 Å². The van der Waals surface area contributed by atoms with Crippen LogP contribution in [0, 0.1) is 27.1 Å². The fourth-order valence-corrected chi connectivity index (χ4v) is 13.8. The van der Waals surface area contributed by atoms with Gasteiger partial charge in [-0.3, -0.25) is 28.8 Å². The minimum absolute atomic E-state index is 0.0103. The molecular formula is C85H146N12O12S6. The van der Waals surface area contributed by atoms with Crippen molar-refractivity contribution >= 4 is 107 Å². The van der Waals surface area contributed by atoms with Gasteiger partial charge in [0.2, 0.25) is 32.6 Å². The molecule has 0 bridgehead atoms. The molecule has 0 aliphatic rings. The van der Waals surface area contributed by atoms with Gasteiger partial charge in [-0.25, -0.2) is 0 Å². The van der Waals surface area contributed by atoms with E-state index in [1.54, 1.807) is 0 Å². The van der Waals surface area contributed by atoms with Crippen molar-refractivity contribution in [3.63, 3.8) is 0 Å². The molecule has 0 atom stereocenters. The van der Waals surface area contributed by atoms with E-state index in [2.05, 4.69) is 74.4 Å². The van der Waals surface area contributed by atoms with Gasteiger partial charge in [0, 0.05) is 126 Å². The molecule has 0 aromatic heterocycles. The van der Waals surface area contributed by atoms with Crippen LogP contribution in [0.15, 0.2) is 28.8 Å². The fourth-order valence-electron chi connectivity index (χ4n) is 12.0. The molecule has 0 fully saturated rings. The molecule has 0 aliphatic heterocycles. The second-order valence-electron chi connectivity index (χ2n) is 34.8. The summed E-state index contributed by atoms with van der Waals surface area (Å²) in [5.41, 5.74) is 14.6. The second kappa shape index (κ2) is 51.8. The smallest absolute Gasteiger partial charge is 0.204 e. The van der Waals surface area contributed by atoms with E-state index in [0.29, 0.717) is 132 Å². The van der Waals surface area contributed by atoms with Crippen molar-refractivity contribution in [2.24, 2.45) is 5.73 Å². The lowest BCUT2D eigenvalue weighted by molar-refractivity contribution is 0.114. The van der Waals surface area contributed by atoms with Gasteiger partial charge in [0.15, 0.2) is 0 Å². The average molecular weight is 1720 g/mol. The van der Waals surface area contributed by atoms with E-state index in [1.165, 1.54) is 0 Å². The van der Waals surface area contributed by atoms with Gasteiger partial charge >= 0.3 is 0 Å². The van der Waals surface area contributed by atoms with Crippen LogP contribution in [0.1, 0.15) is 179 Å². The van der Waals surface area contributed by atoms with Crippen molar-refractivity contribution in [2.75, 3.05) is 258 Å². The maximum atomic E-state index is 11.9. The summed E-state index contributed by atoms with van der Waals surface area (Å²) in [6, 6.07) is 0. The lowest BCUT2D eigenvalue weighted by Gasteiger charge is -2.30. The van der Waals surface area contributed by atoms with Crippen LogP contribution in [0.5, 0.6) is 0 Å². The number of rotatable bonds is 44. The first kappa shape index (κ1) is 108.